The molecule has 0 aromatic heterocycles. The van der Waals surface area contributed by atoms with Gasteiger partial charge in [-0.2, -0.15) is 8.78 Å². The summed E-state index contributed by atoms with van der Waals surface area (Å²) in [5.41, 5.74) is -0.0573. The summed E-state index contributed by atoms with van der Waals surface area (Å²) in [5, 5.41) is 0. The molecule has 7 heteroatoms. The van der Waals surface area contributed by atoms with Gasteiger partial charge in [0.1, 0.15) is 0 Å². The van der Waals surface area contributed by atoms with Crippen LogP contribution in [0, 0.1) is 17.5 Å². The van der Waals surface area contributed by atoms with Gasteiger partial charge in [0.05, 0.1) is 12.7 Å². The number of ether oxygens (including phenoxy) is 4. The highest BCUT2D eigenvalue weighted by Gasteiger charge is 2.25. The van der Waals surface area contributed by atoms with E-state index in [1.54, 1.807) is 0 Å². The van der Waals surface area contributed by atoms with Gasteiger partial charge in [0.25, 0.3) is 0 Å². The van der Waals surface area contributed by atoms with Crippen LogP contribution in [0.2, 0.25) is 0 Å². The van der Waals surface area contributed by atoms with E-state index in [2.05, 4.69) is 0 Å². The second-order valence-electron chi connectivity index (χ2n) is 7.62. The molecular weight excluding hydrogens is 409 g/mol. The van der Waals surface area contributed by atoms with Crippen molar-refractivity contribution >= 4 is 0 Å². The van der Waals surface area contributed by atoms with Crippen LogP contribution >= 0.6 is 0 Å². The SMILES string of the molecule is CCCCCOc1ccc(-c2ccc(OC3CCCC3)c(F)c2OCOC)c(F)c1F. The van der Waals surface area contributed by atoms with Crippen molar-refractivity contribution in [1.82, 2.24) is 0 Å². The smallest absolute Gasteiger partial charge is 0.207 e. The molecule has 2 aromatic carbocycles. The van der Waals surface area contributed by atoms with Gasteiger partial charge in [-0.1, -0.05) is 19.8 Å². The van der Waals surface area contributed by atoms with Crippen LogP contribution in [0.1, 0.15) is 51.9 Å². The highest BCUT2D eigenvalue weighted by molar-refractivity contribution is 5.73. The molecule has 0 bridgehead atoms. The van der Waals surface area contributed by atoms with Crippen molar-refractivity contribution in [2.75, 3.05) is 20.5 Å². The Morgan fingerprint density at radius 3 is 2.26 bits per heavy atom. The lowest BCUT2D eigenvalue weighted by molar-refractivity contribution is 0.0480. The van der Waals surface area contributed by atoms with E-state index in [4.69, 9.17) is 18.9 Å². The summed E-state index contributed by atoms with van der Waals surface area (Å²) in [6.07, 6.45) is 6.41. The molecule has 1 fully saturated rings. The van der Waals surface area contributed by atoms with E-state index < -0.39 is 17.5 Å². The minimum absolute atomic E-state index is 0.0264. The minimum atomic E-state index is -1.13. The third-order valence-corrected chi connectivity index (χ3v) is 5.32. The summed E-state index contributed by atoms with van der Waals surface area (Å²) in [6.45, 7) is 2.09. The standard InChI is InChI=1S/C24H29F3O4/c1-3-4-7-14-29-19-12-10-17(21(25)22(19)26)18-11-13-20(31-16-8-5-6-9-16)23(27)24(18)30-15-28-2/h10-13,16H,3-9,14-15H2,1-2H3. The molecule has 0 amide bonds. The fourth-order valence-electron chi connectivity index (χ4n) is 3.67. The van der Waals surface area contributed by atoms with Gasteiger partial charge in [-0.05, 0) is 56.4 Å². The summed E-state index contributed by atoms with van der Waals surface area (Å²) < 4.78 is 66.1. The average molecular weight is 438 g/mol. The summed E-state index contributed by atoms with van der Waals surface area (Å²) >= 11 is 0. The fraction of sp³-hybridized carbons (Fsp3) is 0.500. The normalized spacial score (nSPS) is 14.1. The topological polar surface area (TPSA) is 36.9 Å². The van der Waals surface area contributed by atoms with Crippen LogP contribution in [-0.4, -0.2) is 26.6 Å². The first-order valence-corrected chi connectivity index (χ1v) is 10.8. The first kappa shape index (κ1) is 23.3. The largest absolute Gasteiger partial charge is 0.490 e. The maximum atomic E-state index is 15.2. The van der Waals surface area contributed by atoms with E-state index in [9.17, 15) is 8.78 Å². The third kappa shape index (κ3) is 5.64. The summed E-state index contributed by atoms with van der Waals surface area (Å²) in [6, 6.07) is 5.60. The zero-order valence-electron chi connectivity index (χ0n) is 18.0. The van der Waals surface area contributed by atoms with Crippen molar-refractivity contribution < 1.29 is 32.1 Å². The maximum absolute atomic E-state index is 15.2. The van der Waals surface area contributed by atoms with Gasteiger partial charge < -0.3 is 18.9 Å². The Morgan fingerprint density at radius 2 is 1.55 bits per heavy atom. The number of benzene rings is 2. The molecular formula is C24H29F3O4. The molecule has 31 heavy (non-hydrogen) atoms. The molecule has 4 nitrogen and oxygen atoms in total. The maximum Gasteiger partial charge on any atom is 0.207 e. The van der Waals surface area contributed by atoms with Crippen LogP contribution in [0.5, 0.6) is 17.2 Å². The zero-order chi connectivity index (χ0) is 22.2. The van der Waals surface area contributed by atoms with E-state index in [-0.39, 0.29) is 41.3 Å². The van der Waals surface area contributed by atoms with Crippen LogP contribution in [0.25, 0.3) is 11.1 Å². The Kier molecular flexibility index (Phi) is 8.46. The van der Waals surface area contributed by atoms with Crippen molar-refractivity contribution in [3.05, 3.63) is 41.7 Å². The molecule has 3 rings (SSSR count). The quantitative estimate of drug-likeness (QED) is 0.291. The zero-order valence-corrected chi connectivity index (χ0v) is 18.0. The molecule has 1 aliphatic rings. The molecule has 0 spiro atoms. The van der Waals surface area contributed by atoms with E-state index in [1.165, 1.54) is 31.4 Å². The van der Waals surface area contributed by atoms with Crippen LogP contribution in [0.15, 0.2) is 24.3 Å². The minimum Gasteiger partial charge on any atom is -0.490 e. The number of hydrogen-bond acceptors (Lipinski definition) is 4. The van der Waals surface area contributed by atoms with Crippen molar-refractivity contribution in [1.29, 1.82) is 0 Å². The second kappa shape index (κ2) is 11.3. The molecule has 0 saturated heterocycles. The Balaban J connectivity index is 1.91. The summed E-state index contributed by atoms with van der Waals surface area (Å²) in [5.74, 6) is -3.39. The molecule has 2 aromatic rings. The summed E-state index contributed by atoms with van der Waals surface area (Å²) in [7, 11) is 1.39. The number of hydrogen-bond donors (Lipinski definition) is 0. The van der Waals surface area contributed by atoms with Gasteiger partial charge in [0.2, 0.25) is 11.6 Å². The predicted molar refractivity (Wildman–Crippen MR) is 112 cm³/mol. The Bertz CT molecular complexity index is 866. The lowest BCUT2D eigenvalue weighted by Gasteiger charge is -2.18. The highest BCUT2D eigenvalue weighted by atomic mass is 19.2. The van der Waals surface area contributed by atoms with E-state index >= 15 is 4.39 Å². The van der Waals surface area contributed by atoms with Crippen LogP contribution in [-0.2, 0) is 4.74 Å². The molecule has 1 aliphatic carbocycles. The van der Waals surface area contributed by atoms with Gasteiger partial charge >= 0.3 is 0 Å². The van der Waals surface area contributed by atoms with Gasteiger partial charge in [-0.25, -0.2) is 4.39 Å². The lowest BCUT2D eigenvalue weighted by Crippen LogP contribution is -2.13. The number of rotatable bonds is 11. The van der Waals surface area contributed by atoms with Gasteiger partial charge in [0.15, 0.2) is 29.9 Å². The molecule has 0 heterocycles. The Labute approximate surface area is 181 Å². The number of halogens is 3. The van der Waals surface area contributed by atoms with Gasteiger partial charge in [-0.3, -0.25) is 0 Å². The van der Waals surface area contributed by atoms with Crippen molar-refractivity contribution in [3.8, 4) is 28.4 Å². The van der Waals surface area contributed by atoms with E-state index in [0.717, 1.165) is 44.9 Å². The van der Waals surface area contributed by atoms with Crippen LogP contribution in [0.3, 0.4) is 0 Å². The summed E-state index contributed by atoms with van der Waals surface area (Å²) in [4.78, 5) is 0. The van der Waals surface area contributed by atoms with Crippen molar-refractivity contribution in [2.45, 2.75) is 58.0 Å². The molecule has 1 saturated carbocycles. The van der Waals surface area contributed by atoms with E-state index in [0.29, 0.717) is 6.61 Å². The van der Waals surface area contributed by atoms with Crippen LogP contribution < -0.4 is 14.2 Å². The monoisotopic (exact) mass is 438 g/mol. The van der Waals surface area contributed by atoms with Gasteiger partial charge in [0, 0.05) is 18.2 Å². The molecule has 0 unspecified atom stereocenters. The molecule has 0 radical (unpaired) electrons. The Morgan fingerprint density at radius 1 is 0.839 bits per heavy atom. The van der Waals surface area contributed by atoms with Crippen molar-refractivity contribution in [3.63, 3.8) is 0 Å². The Hall–Kier alpha value is -2.41. The van der Waals surface area contributed by atoms with E-state index in [1.807, 2.05) is 6.92 Å². The lowest BCUT2D eigenvalue weighted by atomic mass is 10.0. The van der Waals surface area contributed by atoms with Gasteiger partial charge in [-0.15, -0.1) is 0 Å². The second-order valence-corrected chi connectivity index (χ2v) is 7.62. The number of methoxy groups -OCH3 is 1. The number of unbranched alkanes of at least 4 members (excludes halogenated alkanes) is 2. The average Bonchev–Trinajstić information content (AvgIpc) is 3.28. The third-order valence-electron chi connectivity index (χ3n) is 5.32. The van der Waals surface area contributed by atoms with Crippen LogP contribution in [0.4, 0.5) is 13.2 Å². The fourth-order valence-corrected chi connectivity index (χ4v) is 3.67. The molecule has 0 aliphatic heterocycles. The molecule has 170 valence electrons. The first-order valence-electron chi connectivity index (χ1n) is 10.8. The first-order chi connectivity index (χ1) is 15.1. The predicted octanol–water partition coefficient (Wildman–Crippen LogP) is 6.64. The molecule has 0 atom stereocenters. The van der Waals surface area contributed by atoms with Crippen molar-refractivity contribution in [2.24, 2.45) is 0 Å². The highest BCUT2D eigenvalue weighted by Crippen LogP contribution is 2.41. The molecule has 0 N–H and O–H groups in total.